The molecule has 164 valence electrons. The lowest BCUT2D eigenvalue weighted by Crippen LogP contribution is -2.31. The third-order valence-corrected chi connectivity index (χ3v) is 4.86. The molecule has 4 rings (SSSR count). The molecule has 1 aliphatic rings. The summed E-state index contributed by atoms with van der Waals surface area (Å²) in [5, 5.41) is 3.14. The number of rotatable bonds is 3. The quantitative estimate of drug-likeness (QED) is 0.561. The molecule has 8 nitrogen and oxygen atoms in total. The molecule has 0 saturated heterocycles. The number of carbonyl (C=O) groups excluding carboxylic acids is 1. The van der Waals surface area contributed by atoms with Gasteiger partial charge in [-0.3, -0.25) is 4.90 Å². The maximum atomic E-state index is 13.1. The van der Waals surface area contributed by atoms with Crippen LogP contribution in [0.15, 0.2) is 59.9 Å². The second-order valence-electron chi connectivity index (χ2n) is 6.96. The third kappa shape index (κ3) is 4.17. The van der Waals surface area contributed by atoms with Gasteiger partial charge in [-0.25, -0.2) is 19.8 Å². The molecule has 1 aromatic heterocycles. The van der Waals surface area contributed by atoms with Crippen LogP contribution in [0.5, 0.6) is 0 Å². The number of halogens is 3. The standard InChI is InChI=1S/C21H18F3N7O/c22-21(23,24)13-2-1-3-15(10-13)31(20(26)32)14-6-4-12(5-7-14)16-8-9-27-19-17(30-16)18(25)28-11-29-19/h1-7,10-11H,8-9H2,(H2,26,32)(H3,25,27,28,29). The molecule has 0 saturated carbocycles. The van der Waals surface area contributed by atoms with Crippen LogP contribution < -0.4 is 21.7 Å². The van der Waals surface area contributed by atoms with Crippen molar-refractivity contribution >= 4 is 40.4 Å². The van der Waals surface area contributed by atoms with Crippen molar-refractivity contribution in [3.8, 4) is 0 Å². The van der Waals surface area contributed by atoms with Crippen molar-refractivity contribution in [2.45, 2.75) is 12.6 Å². The first kappa shape index (κ1) is 21.1. The molecule has 2 aromatic carbocycles. The van der Waals surface area contributed by atoms with Gasteiger partial charge in [-0.2, -0.15) is 13.2 Å². The topological polar surface area (TPSA) is 123 Å². The highest BCUT2D eigenvalue weighted by Crippen LogP contribution is 2.34. The van der Waals surface area contributed by atoms with Crippen LogP contribution in [0.4, 0.5) is 46.7 Å². The van der Waals surface area contributed by atoms with Crippen LogP contribution in [0.25, 0.3) is 0 Å². The Morgan fingerprint density at radius 3 is 2.50 bits per heavy atom. The van der Waals surface area contributed by atoms with Crippen molar-refractivity contribution in [2.75, 3.05) is 22.5 Å². The average molecular weight is 441 g/mol. The number of hydrogen-bond acceptors (Lipinski definition) is 6. The summed E-state index contributed by atoms with van der Waals surface area (Å²) in [6.45, 7) is 0.571. The maximum absolute atomic E-state index is 13.1. The summed E-state index contributed by atoms with van der Waals surface area (Å²) < 4.78 is 39.3. The number of nitrogens with zero attached hydrogens (tertiary/aromatic N) is 4. The number of carbonyl (C=O) groups is 1. The number of urea groups is 1. The Hall–Kier alpha value is -4.15. The van der Waals surface area contributed by atoms with E-state index in [2.05, 4.69) is 20.3 Å². The monoisotopic (exact) mass is 441 g/mol. The van der Waals surface area contributed by atoms with Crippen molar-refractivity contribution < 1.29 is 18.0 Å². The Morgan fingerprint density at radius 1 is 1.06 bits per heavy atom. The molecule has 0 radical (unpaired) electrons. The van der Waals surface area contributed by atoms with E-state index in [-0.39, 0.29) is 11.5 Å². The lowest BCUT2D eigenvalue weighted by molar-refractivity contribution is -0.137. The van der Waals surface area contributed by atoms with Gasteiger partial charge in [0.15, 0.2) is 11.6 Å². The fraction of sp³-hybridized carbons (Fsp3) is 0.143. The number of aromatic nitrogens is 2. The number of nitrogens with one attached hydrogen (secondary N) is 1. The lowest BCUT2D eigenvalue weighted by Gasteiger charge is -2.22. The molecule has 0 aliphatic carbocycles. The Balaban J connectivity index is 1.68. The van der Waals surface area contributed by atoms with Crippen molar-refractivity contribution in [3.63, 3.8) is 0 Å². The molecule has 0 bridgehead atoms. The molecule has 0 atom stereocenters. The summed E-state index contributed by atoms with van der Waals surface area (Å²) in [6.07, 6.45) is -2.62. The smallest absolute Gasteiger partial charge is 0.382 e. The van der Waals surface area contributed by atoms with Gasteiger partial charge in [0, 0.05) is 13.0 Å². The zero-order valence-corrected chi connectivity index (χ0v) is 16.6. The van der Waals surface area contributed by atoms with Gasteiger partial charge >= 0.3 is 12.2 Å². The zero-order chi connectivity index (χ0) is 22.9. The highest BCUT2D eigenvalue weighted by Gasteiger charge is 2.31. The minimum Gasteiger partial charge on any atom is -0.382 e. The summed E-state index contributed by atoms with van der Waals surface area (Å²) >= 11 is 0. The Labute approximate surface area is 180 Å². The minimum absolute atomic E-state index is 0.00920. The van der Waals surface area contributed by atoms with Crippen LogP contribution in [0.3, 0.4) is 0 Å². The van der Waals surface area contributed by atoms with Crippen LogP contribution in [0, 0.1) is 0 Å². The van der Waals surface area contributed by atoms with Gasteiger partial charge in [-0.1, -0.05) is 18.2 Å². The maximum Gasteiger partial charge on any atom is 0.416 e. The van der Waals surface area contributed by atoms with Crippen molar-refractivity contribution in [3.05, 3.63) is 66.0 Å². The van der Waals surface area contributed by atoms with E-state index in [0.29, 0.717) is 35.9 Å². The van der Waals surface area contributed by atoms with Crippen molar-refractivity contribution in [1.29, 1.82) is 0 Å². The third-order valence-electron chi connectivity index (χ3n) is 4.86. The molecule has 0 spiro atoms. The summed E-state index contributed by atoms with van der Waals surface area (Å²) in [7, 11) is 0. The van der Waals surface area contributed by atoms with Crippen molar-refractivity contribution in [1.82, 2.24) is 9.97 Å². The second-order valence-corrected chi connectivity index (χ2v) is 6.96. The summed E-state index contributed by atoms with van der Waals surface area (Å²) in [5.74, 6) is 0.775. The van der Waals surface area contributed by atoms with Gasteiger partial charge < -0.3 is 16.8 Å². The van der Waals surface area contributed by atoms with E-state index < -0.39 is 17.8 Å². The van der Waals surface area contributed by atoms with Crippen LogP contribution in [-0.4, -0.2) is 28.3 Å². The number of primary amides is 1. The Kier molecular flexibility index (Phi) is 5.39. The van der Waals surface area contributed by atoms with Crippen LogP contribution in [0.1, 0.15) is 17.5 Å². The van der Waals surface area contributed by atoms with Gasteiger partial charge in [0.05, 0.1) is 22.6 Å². The molecule has 2 amide bonds. The summed E-state index contributed by atoms with van der Waals surface area (Å²) in [6, 6.07) is 10.1. The SMILES string of the molecule is NC(=O)N(c1ccc(C2=Nc3c(N)ncnc3NCC2)cc1)c1cccc(C(F)(F)F)c1. The van der Waals surface area contributed by atoms with Gasteiger partial charge in [0.2, 0.25) is 0 Å². The normalized spacial score (nSPS) is 13.4. The van der Waals surface area contributed by atoms with E-state index in [9.17, 15) is 18.0 Å². The number of anilines is 4. The molecule has 2 heterocycles. The van der Waals surface area contributed by atoms with E-state index in [4.69, 9.17) is 11.5 Å². The molecular weight excluding hydrogens is 423 g/mol. The van der Waals surface area contributed by atoms with Crippen LogP contribution >= 0.6 is 0 Å². The molecule has 11 heteroatoms. The fourth-order valence-corrected chi connectivity index (χ4v) is 3.36. The first-order valence-corrected chi connectivity index (χ1v) is 9.53. The predicted molar refractivity (Wildman–Crippen MR) is 115 cm³/mol. The number of amides is 2. The first-order chi connectivity index (χ1) is 15.2. The van der Waals surface area contributed by atoms with Gasteiger partial charge in [0.25, 0.3) is 0 Å². The Morgan fingerprint density at radius 2 is 1.81 bits per heavy atom. The second kappa shape index (κ2) is 8.17. The van der Waals surface area contributed by atoms with Gasteiger partial charge in [-0.15, -0.1) is 0 Å². The molecule has 3 aromatic rings. The van der Waals surface area contributed by atoms with Crippen LogP contribution in [0.2, 0.25) is 0 Å². The number of nitrogen functional groups attached to an aromatic ring is 1. The number of nitrogens with two attached hydrogens (primary N) is 2. The summed E-state index contributed by atoms with van der Waals surface area (Å²) in [5.41, 5.74) is 12.7. The summed E-state index contributed by atoms with van der Waals surface area (Å²) in [4.78, 5) is 25.8. The molecular formula is C21H18F3N7O. The lowest BCUT2D eigenvalue weighted by atomic mass is 10.1. The van der Waals surface area contributed by atoms with Crippen molar-refractivity contribution in [2.24, 2.45) is 10.7 Å². The van der Waals surface area contributed by atoms with E-state index in [1.807, 2.05) is 0 Å². The highest BCUT2D eigenvalue weighted by molar-refractivity contribution is 6.05. The number of benzene rings is 2. The van der Waals surface area contributed by atoms with E-state index in [1.54, 1.807) is 24.3 Å². The van der Waals surface area contributed by atoms with E-state index in [0.717, 1.165) is 22.6 Å². The molecule has 1 aliphatic heterocycles. The van der Waals surface area contributed by atoms with E-state index in [1.165, 1.54) is 18.5 Å². The molecule has 0 fully saturated rings. The van der Waals surface area contributed by atoms with Gasteiger partial charge in [0.1, 0.15) is 12.0 Å². The fourth-order valence-electron chi connectivity index (χ4n) is 3.36. The molecule has 0 unspecified atom stereocenters. The number of aliphatic imine (C=N–C) groups is 1. The van der Waals surface area contributed by atoms with Gasteiger partial charge in [-0.05, 0) is 35.9 Å². The highest BCUT2D eigenvalue weighted by atomic mass is 19.4. The Bertz CT molecular complexity index is 1190. The number of alkyl halides is 3. The number of hydrogen-bond donors (Lipinski definition) is 3. The van der Waals surface area contributed by atoms with Crippen LogP contribution in [-0.2, 0) is 6.18 Å². The molecule has 32 heavy (non-hydrogen) atoms. The first-order valence-electron chi connectivity index (χ1n) is 9.53. The minimum atomic E-state index is -4.54. The molecule has 5 N–H and O–H groups in total. The average Bonchev–Trinajstić information content (AvgIpc) is 2.97. The zero-order valence-electron chi connectivity index (χ0n) is 16.6. The van der Waals surface area contributed by atoms with E-state index >= 15 is 0 Å². The largest absolute Gasteiger partial charge is 0.416 e. The predicted octanol–water partition coefficient (Wildman–Crippen LogP) is 4.23. The number of fused-ring (bicyclic) bond motifs is 1.